The van der Waals surface area contributed by atoms with Gasteiger partial charge in [-0.05, 0) is 24.8 Å². The molecule has 0 aliphatic carbocycles. The largest absolute Gasteiger partial charge is 0.569 e. The van der Waals surface area contributed by atoms with Gasteiger partial charge in [0.05, 0.1) is 18.1 Å². The Morgan fingerprint density at radius 2 is 2.05 bits per heavy atom. The van der Waals surface area contributed by atoms with Crippen molar-refractivity contribution in [1.82, 2.24) is 5.01 Å². The van der Waals surface area contributed by atoms with Crippen molar-refractivity contribution >= 4 is 5.97 Å². The Morgan fingerprint density at radius 3 is 2.73 bits per heavy atom. The maximum absolute atomic E-state index is 11.7. The molecule has 2 N–H and O–H groups in total. The number of benzene rings is 1. The van der Waals surface area contributed by atoms with Crippen LogP contribution >= 0.6 is 0 Å². The minimum Gasteiger partial charge on any atom is -0.569 e. The number of carbonyl (C=O) groups is 1. The van der Waals surface area contributed by atoms with E-state index in [0.29, 0.717) is 24.5 Å². The number of esters is 1. The lowest BCUT2D eigenvalue weighted by molar-refractivity contribution is -0.708. The number of hydrogen-bond acceptors (Lipinski definition) is 6. The predicted octanol–water partition coefficient (Wildman–Crippen LogP) is 0.962. The molecule has 0 amide bonds. The van der Waals surface area contributed by atoms with Crippen LogP contribution in [0.4, 0.5) is 0 Å². The van der Waals surface area contributed by atoms with Gasteiger partial charge in [0, 0.05) is 0 Å². The van der Waals surface area contributed by atoms with Crippen LogP contribution in [-0.4, -0.2) is 41.9 Å². The van der Waals surface area contributed by atoms with Gasteiger partial charge in [-0.3, -0.25) is 4.79 Å². The van der Waals surface area contributed by atoms with Gasteiger partial charge in [-0.15, -0.1) is 5.01 Å². The number of nitrogens with zero attached hydrogens (tertiary/aromatic N) is 3. The van der Waals surface area contributed by atoms with E-state index in [-0.39, 0.29) is 0 Å². The van der Waals surface area contributed by atoms with E-state index in [1.165, 1.54) is 5.01 Å². The summed E-state index contributed by atoms with van der Waals surface area (Å²) in [7, 11) is 0. The Kier molecular flexibility index (Phi) is 5.96. The van der Waals surface area contributed by atoms with E-state index in [1.807, 2.05) is 30.3 Å². The molecule has 1 aliphatic rings. The molecule has 8 nitrogen and oxygen atoms in total. The molecule has 1 heterocycles. The SMILES string of the molecule is N[C@@H](Cc1ccccc1)C(=O)OCO/N=[N+](\[O-])N1CCCC1. The zero-order valence-corrected chi connectivity index (χ0v) is 12.3. The lowest BCUT2D eigenvalue weighted by Gasteiger charge is -2.11. The van der Waals surface area contributed by atoms with Crippen LogP contribution in [0.15, 0.2) is 35.6 Å². The maximum Gasteiger partial charge on any atom is 0.326 e. The van der Waals surface area contributed by atoms with Gasteiger partial charge in [-0.2, -0.15) is 0 Å². The fourth-order valence-corrected chi connectivity index (χ4v) is 2.14. The van der Waals surface area contributed by atoms with Gasteiger partial charge in [0.25, 0.3) is 6.79 Å². The summed E-state index contributed by atoms with van der Waals surface area (Å²) in [4.78, 5) is 16.7. The molecule has 0 saturated carbocycles. The second kappa shape index (κ2) is 8.18. The topological polar surface area (TPSA) is 103 Å². The summed E-state index contributed by atoms with van der Waals surface area (Å²) in [5.74, 6) is -0.599. The Morgan fingerprint density at radius 1 is 1.36 bits per heavy atom. The molecule has 1 aromatic rings. The minimum atomic E-state index is -0.784. The molecule has 0 aromatic heterocycles. The third kappa shape index (κ3) is 4.88. The van der Waals surface area contributed by atoms with Gasteiger partial charge in [0.2, 0.25) is 5.28 Å². The number of hydrazine groups is 1. The highest BCUT2D eigenvalue weighted by Gasteiger charge is 2.19. The van der Waals surface area contributed by atoms with Crippen molar-refractivity contribution in [3.05, 3.63) is 41.1 Å². The summed E-state index contributed by atoms with van der Waals surface area (Å²) < 4.78 is 4.83. The first-order valence-electron chi connectivity index (χ1n) is 7.18. The van der Waals surface area contributed by atoms with Crippen molar-refractivity contribution in [1.29, 1.82) is 0 Å². The highest BCUT2D eigenvalue weighted by Crippen LogP contribution is 2.07. The predicted molar refractivity (Wildman–Crippen MR) is 77.0 cm³/mol. The van der Waals surface area contributed by atoms with E-state index < -0.39 is 18.8 Å². The summed E-state index contributed by atoms with van der Waals surface area (Å²) in [6, 6.07) is 8.60. The van der Waals surface area contributed by atoms with Gasteiger partial charge in [0.1, 0.15) is 6.04 Å². The van der Waals surface area contributed by atoms with Crippen molar-refractivity contribution in [3.8, 4) is 0 Å². The van der Waals surface area contributed by atoms with Crippen LogP contribution in [-0.2, 0) is 20.8 Å². The quantitative estimate of drug-likeness (QED) is 0.201. The molecule has 0 unspecified atom stereocenters. The lowest BCUT2D eigenvalue weighted by atomic mass is 10.1. The molecule has 0 radical (unpaired) electrons. The Balaban J connectivity index is 1.67. The third-order valence-corrected chi connectivity index (χ3v) is 3.31. The average molecular weight is 308 g/mol. The molecule has 0 bridgehead atoms. The highest BCUT2D eigenvalue weighted by atomic mass is 16.8. The monoisotopic (exact) mass is 308 g/mol. The summed E-state index contributed by atoms with van der Waals surface area (Å²) in [5.41, 5.74) is 6.69. The number of rotatable bonds is 7. The Bertz CT molecular complexity index is 503. The molecule has 1 saturated heterocycles. The molecule has 120 valence electrons. The number of carbonyl (C=O) groups excluding carboxylic acids is 1. The van der Waals surface area contributed by atoms with Crippen LogP contribution in [0.1, 0.15) is 18.4 Å². The Hall–Kier alpha value is -2.35. The van der Waals surface area contributed by atoms with Crippen molar-refractivity contribution < 1.29 is 19.3 Å². The van der Waals surface area contributed by atoms with Gasteiger partial charge >= 0.3 is 5.97 Å². The molecule has 1 fully saturated rings. The average Bonchev–Trinajstić information content (AvgIpc) is 3.06. The number of ether oxygens (including phenoxy) is 1. The fraction of sp³-hybridized carbons (Fsp3) is 0.500. The molecule has 1 atom stereocenters. The van der Waals surface area contributed by atoms with Crippen molar-refractivity contribution in [2.24, 2.45) is 11.0 Å². The first-order chi connectivity index (χ1) is 10.7. The van der Waals surface area contributed by atoms with E-state index in [2.05, 4.69) is 10.1 Å². The molecular weight excluding hydrogens is 288 g/mol. The van der Waals surface area contributed by atoms with Gasteiger partial charge in [0.15, 0.2) is 0 Å². The zero-order valence-electron chi connectivity index (χ0n) is 12.3. The molecule has 2 rings (SSSR count). The van der Waals surface area contributed by atoms with Gasteiger partial charge in [-0.25, -0.2) is 0 Å². The molecule has 8 heteroatoms. The third-order valence-electron chi connectivity index (χ3n) is 3.31. The number of hydrogen-bond donors (Lipinski definition) is 1. The maximum atomic E-state index is 11.7. The van der Waals surface area contributed by atoms with E-state index in [9.17, 15) is 10.0 Å². The van der Waals surface area contributed by atoms with Crippen LogP contribution in [0.25, 0.3) is 0 Å². The normalized spacial score (nSPS) is 16.4. The summed E-state index contributed by atoms with van der Waals surface area (Å²) in [5, 5.41) is 16.3. The van der Waals surface area contributed by atoms with Crippen LogP contribution in [0, 0.1) is 5.21 Å². The Labute approximate surface area is 128 Å². The summed E-state index contributed by atoms with van der Waals surface area (Å²) in [6.45, 7) is 0.865. The van der Waals surface area contributed by atoms with Crippen molar-refractivity contribution in [2.75, 3.05) is 19.9 Å². The summed E-state index contributed by atoms with van der Waals surface area (Å²) in [6.07, 6.45) is 2.29. The smallest absolute Gasteiger partial charge is 0.326 e. The van der Waals surface area contributed by atoms with Gasteiger partial charge < -0.3 is 20.5 Å². The van der Waals surface area contributed by atoms with Crippen LogP contribution < -0.4 is 5.73 Å². The highest BCUT2D eigenvalue weighted by molar-refractivity contribution is 5.75. The van der Waals surface area contributed by atoms with Crippen molar-refractivity contribution in [2.45, 2.75) is 25.3 Å². The second-order valence-electron chi connectivity index (χ2n) is 5.00. The second-order valence-corrected chi connectivity index (χ2v) is 5.00. The van der Waals surface area contributed by atoms with Crippen LogP contribution in [0.5, 0.6) is 0 Å². The zero-order chi connectivity index (χ0) is 15.8. The van der Waals surface area contributed by atoms with Crippen LogP contribution in [0.2, 0.25) is 0 Å². The summed E-state index contributed by atoms with van der Waals surface area (Å²) >= 11 is 0. The lowest BCUT2D eigenvalue weighted by Crippen LogP contribution is -2.34. The fourth-order valence-electron chi connectivity index (χ4n) is 2.14. The molecular formula is C14H20N4O4. The molecule has 0 spiro atoms. The molecule has 1 aliphatic heterocycles. The first kappa shape index (κ1) is 16.0. The van der Waals surface area contributed by atoms with E-state index in [4.69, 9.17) is 10.5 Å². The van der Waals surface area contributed by atoms with Gasteiger partial charge in [-0.1, -0.05) is 30.3 Å². The van der Waals surface area contributed by atoms with Crippen LogP contribution in [0.3, 0.4) is 0 Å². The molecule has 22 heavy (non-hydrogen) atoms. The standard InChI is InChI=1S/C14H20N4O4/c15-13(10-12-6-2-1-3-7-12)14(19)21-11-22-16-18(20)17-8-4-5-9-17/h1-3,6-7,13H,4-5,8-11,15H2/b18-16-/t13-/m0/s1. The minimum absolute atomic E-state index is 0.373. The number of nitrogens with two attached hydrogens (primary N) is 1. The van der Waals surface area contributed by atoms with E-state index in [0.717, 1.165) is 18.4 Å². The van der Waals surface area contributed by atoms with E-state index >= 15 is 0 Å². The first-order valence-corrected chi connectivity index (χ1v) is 7.18. The van der Waals surface area contributed by atoms with E-state index in [1.54, 1.807) is 0 Å². The van der Waals surface area contributed by atoms with Crippen molar-refractivity contribution in [3.63, 3.8) is 0 Å². The molecule has 1 aromatic carbocycles.